The Hall–Kier alpha value is -2.04. The van der Waals surface area contributed by atoms with Crippen LogP contribution in [0.4, 0.5) is 4.79 Å². The molecule has 2 atom stereocenters. The van der Waals surface area contributed by atoms with E-state index in [2.05, 4.69) is 36.6 Å². The lowest BCUT2D eigenvalue weighted by Gasteiger charge is -2.26. The lowest BCUT2D eigenvalue weighted by Crippen LogP contribution is -2.50. The van der Waals surface area contributed by atoms with Gasteiger partial charge in [0.1, 0.15) is 6.04 Å². The van der Waals surface area contributed by atoms with Gasteiger partial charge in [0.15, 0.2) is 0 Å². The molecule has 132 valence electrons. The van der Waals surface area contributed by atoms with Gasteiger partial charge in [0.2, 0.25) is 5.91 Å². The zero-order valence-electron chi connectivity index (χ0n) is 14.9. The van der Waals surface area contributed by atoms with Crippen LogP contribution in [-0.4, -0.2) is 43.0 Å². The number of likely N-dealkylation sites (tertiary alicyclic amines) is 1. The first kappa shape index (κ1) is 18.3. The van der Waals surface area contributed by atoms with Gasteiger partial charge >= 0.3 is 6.03 Å². The van der Waals surface area contributed by atoms with Crippen molar-refractivity contribution in [3.63, 3.8) is 0 Å². The maximum Gasteiger partial charge on any atom is 0.318 e. The lowest BCUT2D eigenvalue weighted by atomic mass is 9.89. The maximum atomic E-state index is 12.5. The van der Waals surface area contributed by atoms with E-state index in [1.807, 2.05) is 18.2 Å². The van der Waals surface area contributed by atoms with Gasteiger partial charge in [-0.15, -0.1) is 0 Å². The largest absolute Gasteiger partial charge is 0.357 e. The summed E-state index contributed by atoms with van der Waals surface area (Å²) in [6.07, 6.45) is 2.56. The van der Waals surface area contributed by atoms with E-state index in [1.165, 1.54) is 5.56 Å². The number of nitrogens with zero attached hydrogens (tertiary/aromatic N) is 1. The van der Waals surface area contributed by atoms with Crippen molar-refractivity contribution in [2.24, 2.45) is 11.8 Å². The maximum absolute atomic E-state index is 12.5. The Labute approximate surface area is 144 Å². The van der Waals surface area contributed by atoms with Gasteiger partial charge in [-0.3, -0.25) is 4.79 Å². The van der Waals surface area contributed by atoms with Gasteiger partial charge in [0.25, 0.3) is 0 Å². The fourth-order valence-corrected chi connectivity index (χ4v) is 3.23. The molecule has 1 aromatic carbocycles. The molecule has 0 unspecified atom stereocenters. The summed E-state index contributed by atoms with van der Waals surface area (Å²) in [5.41, 5.74) is 1.29. The van der Waals surface area contributed by atoms with Crippen molar-refractivity contribution in [3.8, 4) is 0 Å². The van der Waals surface area contributed by atoms with Gasteiger partial charge < -0.3 is 15.5 Å². The van der Waals surface area contributed by atoms with E-state index in [0.29, 0.717) is 24.9 Å². The van der Waals surface area contributed by atoms with E-state index in [9.17, 15) is 9.59 Å². The normalized spacial score (nSPS) is 18.5. The number of carbonyl (C=O) groups excluding carboxylic acids is 2. The Balaban J connectivity index is 1.91. The van der Waals surface area contributed by atoms with Crippen molar-refractivity contribution in [2.75, 3.05) is 20.1 Å². The molecule has 5 nitrogen and oxygen atoms in total. The van der Waals surface area contributed by atoms with Gasteiger partial charge in [-0.1, -0.05) is 44.2 Å². The topological polar surface area (TPSA) is 61.4 Å². The van der Waals surface area contributed by atoms with Crippen molar-refractivity contribution in [2.45, 2.75) is 39.2 Å². The van der Waals surface area contributed by atoms with Crippen LogP contribution < -0.4 is 10.6 Å². The van der Waals surface area contributed by atoms with Crippen LogP contribution in [0.5, 0.6) is 0 Å². The highest BCUT2D eigenvalue weighted by Gasteiger charge is 2.33. The van der Waals surface area contributed by atoms with E-state index in [-0.39, 0.29) is 18.0 Å². The van der Waals surface area contributed by atoms with Gasteiger partial charge in [0, 0.05) is 20.1 Å². The van der Waals surface area contributed by atoms with Crippen molar-refractivity contribution in [1.82, 2.24) is 15.5 Å². The third kappa shape index (κ3) is 4.73. The summed E-state index contributed by atoms with van der Waals surface area (Å²) in [6, 6.07) is 9.90. The molecule has 1 saturated heterocycles. The van der Waals surface area contributed by atoms with Crippen LogP contribution >= 0.6 is 0 Å². The molecule has 0 saturated carbocycles. The van der Waals surface area contributed by atoms with E-state index in [0.717, 1.165) is 19.3 Å². The predicted molar refractivity (Wildman–Crippen MR) is 95.7 cm³/mol. The van der Waals surface area contributed by atoms with Crippen molar-refractivity contribution >= 4 is 11.9 Å². The standard InChI is InChI=1S/C19H29N3O2/c1-14(2)16(12-15-8-5-4-6-9-15)13-21-19(24)22-11-7-10-17(22)18(23)20-3/h4-6,8-9,14,16-17H,7,10-13H2,1-3H3,(H,20,23)(H,21,24)/t16-,17-/m1/s1. The summed E-state index contributed by atoms with van der Waals surface area (Å²) in [7, 11) is 1.62. The molecule has 0 radical (unpaired) electrons. The van der Waals surface area contributed by atoms with E-state index >= 15 is 0 Å². The smallest absolute Gasteiger partial charge is 0.318 e. The van der Waals surface area contributed by atoms with Crippen molar-refractivity contribution < 1.29 is 9.59 Å². The minimum absolute atomic E-state index is 0.0765. The predicted octanol–water partition coefficient (Wildman–Crippen LogP) is 2.42. The second-order valence-electron chi connectivity index (χ2n) is 6.85. The molecule has 0 spiro atoms. The quantitative estimate of drug-likeness (QED) is 0.841. The van der Waals surface area contributed by atoms with Crippen LogP contribution in [-0.2, 0) is 11.2 Å². The Morgan fingerprint density at radius 2 is 1.96 bits per heavy atom. The van der Waals surface area contributed by atoms with E-state index in [4.69, 9.17) is 0 Å². The number of hydrogen-bond donors (Lipinski definition) is 2. The first-order chi connectivity index (χ1) is 11.5. The average Bonchev–Trinajstić information content (AvgIpc) is 3.08. The molecule has 0 aromatic heterocycles. The Morgan fingerprint density at radius 3 is 2.58 bits per heavy atom. The van der Waals surface area contributed by atoms with Crippen LogP contribution in [0, 0.1) is 11.8 Å². The molecule has 2 rings (SSSR count). The van der Waals surface area contributed by atoms with E-state index in [1.54, 1.807) is 11.9 Å². The minimum atomic E-state index is -0.332. The van der Waals surface area contributed by atoms with Crippen LogP contribution in [0.2, 0.25) is 0 Å². The van der Waals surface area contributed by atoms with Crippen LogP contribution in [0.3, 0.4) is 0 Å². The molecule has 0 aliphatic carbocycles. The van der Waals surface area contributed by atoms with Crippen LogP contribution in [0.1, 0.15) is 32.3 Å². The average molecular weight is 331 g/mol. The lowest BCUT2D eigenvalue weighted by molar-refractivity contribution is -0.124. The zero-order valence-corrected chi connectivity index (χ0v) is 14.9. The number of hydrogen-bond acceptors (Lipinski definition) is 2. The summed E-state index contributed by atoms with van der Waals surface area (Å²) in [5.74, 6) is 0.767. The SMILES string of the molecule is CNC(=O)[C@H]1CCCN1C(=O)NC[C@@H](Cc1ccccc1)C(C)C. The van der Waals surface area contributed by atoms with Crippen molar-refractivity contribution in [3.05, 3.63) is 35.9 Å². The molecule has 24 heavy (non-hydrogen) atoms. The first-order valence-electron chi connectivity index (χ1n) is 8.83. The Morgan fingerprint density at radius 1 is 1.25 bits per heavy atom. The number of likely N-dealkylation sites (N-methyl/N-ethyl adjacent to an activating group) is 1. The highest BCUT2D eigenvalue weighted by molar-refractivity contribution is 5.87. The molecule has 3 amide bonds. The first-order valence-corrected chi connectivity index (χ1v) is 8.83. The fourth-order valence-electron chi connectivity index (χ4n) is 3.23. The number of carbonyl (C=O) groups is 2. The number of benzene rings is 1. The summed E-state index contributed by atoms with van der Waals surface area (Å²) in [6.45, 7) is 5.64. The summed E-state index contributed by atoms with van der Waals surface area (Å²) in [4.78, 5) is 26.0. The highest BCUT2D eigenvalue weighted by atomic mass is 16.2. The monoisotopic (exact) mass is 331 g/mol. The summed E-state index contributed by atoms with van der Waals surface area (Å²) >= 11 is 0. The summed E-state index contributed by atoms with van der Waals surface area (Å²) in [5, 5.41) is 5.69. The Kier molecular flexibility index (Phi) is 6.64. The molecule has 5 heteroatoms. The molecular weight excluding hydrogens is 302 g/mol. The van der Waals surface area contributed by atoms with Gasteiger partial charge in [-0.05, 0) is 36.7 Å². The second-order valence-corrected chi connectivity index (χ2v) is 6.85. The molecular formula is C19H29N3O2. The molecule has 2 N–H and O–H groups in total. The molecule has 1 aliphatic rings. The molecule has 1 aliphatic heterocycles. The fraction of sp³-hybridized carbons (Fsp3) is 0.579. The molecule has 1 heterocycles. The third-order valence-electron chi connectivity index (χ3n) is 4.86. The number of amides is 3. The highest BCUT2D eigenvalue weighted by Crippen LogP contribution is 2.19. The molecule has 0 bridgehead atoms. The van der Waals surface area contributed by atoms with Gasteiger partial charge in [0.05, 0.1) is 0 Å². The number of urea groups is 1. The Bertz CT molecular complexity index is 545. The van der Waals surface area contributed by atoms with E-state index < -0.39 is 0 Å². The summed E-state index contributed by atoms with van der Waals surface area (Å²) < 4.78 is 0. The van der Waals surface area contributed by atoms with Crippen molar-refractivity contribution in [1.29, 1.82) is 0 Å². The zero-order chi connectivity index (χ0) is 17.5. The van der Waals surface area contributed by atoms with Gasteiger partial charge in [-0.25, -0.2) is 4.79 Å². The van der Waals surface area contributed by atoms with Crippen LogP contribution in [0.25, 0.3) is 0 Å². The van der Waals surface area contributed by atoms with Crippen LogP contribution in [0.15, 0.2) is 30.3 Å². The van der Waals surface area contributed by atoms with Gasteiger partial charge in [-0.2, -0.15) is 0 Å². The third-order valence-corrected chi connectivity index (χ3v) is 4.86. The second kappa shape index (κ2) is 8.71. The molecule has 1 fully saturated rings. The number of rotatable bonds is 6. The molecule has 1 aromatic rings. The minimum Gasteiger partial charge on any atom is -0.357 e. The number of nitrogens with one attached hydrogen (secondary N) is 2.